The molecule has 0 aliphatic heterocycles. The molecule has 0 radical (unpaired) electrons. The van der Waals surface area contributed by atoms with E-state index in [1.54, 1.807) is 12.1 Å². The molecule has 0 aliphatic rings. The summed E-state index contributed by atoms with van der Waals surface area (Å²) >= 11 is 5.96. The molecule has 0 amide bonds. The summed E-state index contributed by atoms with van der Waals surface area (Å²) in [7, 11) is 0. The van der Waals surface area contributed by atoms with Crippen molar-refractivity contribution < 1.29 is 10.2 Å². The summed E-state index contributed by atoms with van der Waals surface area (Å²) in [4.78, 5) is 0. The van der Waals surface area contributed by atoms with Crippen molar-refractivity contribution >= 4 is 11.6 Å². The minimum Gasteiger partial charge on any atom is -0.396 e. The number of hydrogen-bond donors (Lipinski definition) is 3. The lowest BCUT2D eigenvalue weighted by Gasteiger charge is -2.21. The zero-order chi connectivity index (χ0) is 15.8. The number of benzene rings is 2. The molecule has 2 unspecified atom stereocenters. The van der Waals surface area contributed by atoms with E-state index in [-0.39, 0.29) is 12.6 Å². The average molecular weight is 320 g/mol. The van der Waals surface area contributed by atoms with E-state index >= 15 is 0 Å². The Morgan fingerprint density at radius 3 is 2.41 bits per heavy atom. The minimum absolute atomic E-state index is 0.113. The Morgan fingerprint density at radius 2 is 1.73 bits per heavy atom. The molecule has 118 valence electrons. The Balaban J connectivity index is 1.98. The van der Waals surface area contributed by atoms with Crippen LogP contribution in [0.2, 0.25) is 5.02 Å². The van der Waals surface area contributed by atoms with Crippen LogP contribution in [0.15, 0.2) is 54.6 Å². The van der Waals surface area contributed by atoms with Gasteiger partial charge in [0, 0.05) is 24.2 Å². The van der Waals surface area contributed by atoms with E-state index < -0.39 is 6.10 Å². The van der Waals surface area contributed by atoms with Crippen LogP contribution in [0.3, 0.4) is 0 Å². The maximum atomic E-state index is 10.3. The summed E-state index contributed by atoms with van der Waals surface area (Å²) in [6.45, 7) is 0.604. The topological polar surface area (TPSA) is 52.5 Å². The van der Waals surface area contributed by atoms with Crippen molar-refractivity contribution in [3.63, 3.8) is 0 Å². The molecule has 2 atom stereocenters. The van der Waals surface area contributed by atoms with Crippen molar-refractivity contribution in [3.05, 3.63) is 70.7 Å². The zero-order valence-corrected chi connectivity index (χ0v) is 13.2. The van der Waals surface area contributed by atoms with E-state index in [9.17, 15) is 5.11 Å². The highest BCUT2D eigenvalue weighted by atomic mass is 35.5. The third-order valence-electron chi connectivity index (χ3n) is 3.64. The van der Waals surface area contributed by atoms with E-state index in [1.807, 2.05) is 30.3 Å². The SMILES string of the molecule is OCCCC(NCC(O)c1cccc(Cl)c1)c1ccccc1. The van der Waals surface area contributed by atoms with Crippen LogP contribution in [0.1, 0.15) is 36.1 Å². The second-order valence-electron chi connectivity index (χ2n) is 5.31. The first-order chi connectivity index (χ1) is 10.7. The molecule has 2 rings (SSSR count). The molecule has 3 nitrogen and oxygen atoms in total. The molecular formula is C18H22ClNO2. The van der Waals surface area contributed by atoms with Crippen molar-refractivity contribution in [2.24, 2.45) is 0 Å². The summed E-state index contributed by atoms with van der Waals surface area (Å²) in [5, 5.41) is 23.4. The number of aliphatic hydroxyl groups excluding tert-OH is 2. The normalized spacial score (nSPS) is 13.8. The Labute approximate surface area is 136 Å². The highest BCUT2D eigenvalue weighted by Gasteiger charge is 2.14. The van der Waals surface area contributed by atoms with Crippen molar-refractivity contribution in [3.8, 4) is 0 Å². The maximum absolute atomic E-state index is 10.3. The van der Waals surface area contributed by atoms with Gasteiger partial charge in [-0.25, -0.2) is 0 Å². The van der Waals surface area contributed by atoms with Gasteiger partial charge in [0.25, 0.3) is 0 Å². The Morgan fingerprint density at radius 1 is 1.00 bits per heavy atom. The number of halogens is 1. The van der Waals surface area contributed by atoms with Gasteiger partial charge >= 0.3 is 0 Å². The van der Waals surface area contributed by atoms with Crippen LogP contribution in [-0.4, -0.2) is 23.4 Å². The van der Waals surface area contributed by atoms with Crippen LogP contribution < -0.4 is 5.32 Å². The number of rotatable bonds is 8. The van der Waals surface area contributed by atoms with Gasteiger partial charge in [-0.1, -0.05) is 54.1 Å². The summed E-state index contributed by atoms with van der Waals surface area (Å²) in [6.07, 6.45) is 0.932. The summed E-state index contributed by atoms with van der Waals surface area (Å²) < 4.78 is 0. The predicted octanol–water partition coefficient (Wildman–Crippen LogP) is 3.48. The van der Waals surface area contributed by atoms with E-state index in [4.69, 9.17) is 16.7 Å². The maximum Gasteiger partial charge on any atom is 0.0915 e. The highest BCUT2D eigenvalue weighted by Crippen LogP contribution is 2.21. The third kappa shape index (κ3) is 5.11. The summed E-state index contributed by atoms with van der Waals surface area (Å²) in [6, 6.07) is 17.5. The predicted molar refractivity (Wildman–Crippen MR) is 89.9 cm³/mol. The molecule has 2 aromatic carbocycles. The lowest BCUT2D eigenvalue weighted by Crippen LogP contribution is -2.26. The summed E-state index contributed by atoms with van der Waals surface area (Å²) in [5.41, 5.74) is 1.96. The standard InChI is InChI=1S/C18H22ClNO2/c19-16-9-4-8-15(12-16)18(22)13-20-17(10-5-11-21)14-6-2-1-3-7-14/h1-4,6-9,12,17-18,20-22H,5,10-11,13H2. The molecule has 2 aromatic rings. The van der Waals surface area contributed by atoms with Crippen LogP contribution in [0.5, 0.6) is 0 Å². The molecule has 0 aromatic heterocycles. The number of nitrogens with one attached hydrogen (secondary N) is 1. The molecule has 0 spiro atoms. The van der Waals surface area contributed by atoms with Gasteiger partial charge < -0.3 is 15.5 Å². The second-order valence-corrected chi connectivity index (χ2v) is 5.74. The summed E-state index contributed by atoms with van der Waals surface area (Å²) in [5.74, 6) is 0. The smallest absolute Gasteiger partial charge is 0.0915 e. The third-order valence-corrected chi connectivity index (χ3v) is 3.88. The van der Waals surface area contributed by atoms with Crippen LogP contribution in [0.25, 0.3) is 0 Å². The monoisotopic (exact) mass is 319 g/mol. The fraction of sp³-hybridized carbons (Fsp3) is 0.333. The van der Waals surface area contributed by atoms with E-state index in [1.165, 1.54) is 0 Å². The van der Waals surface area contributed by atoms with E-state index in [0.717, 1.165) is 24.0 Å². The fourth-order valence-electron chi connectivity index (χ4n) is 2.45. The average Bonchev–Trinajstić information content (AvgIpc) is 2.55. The van der Waals surface area contributed by atoms with Crippen molar-refractivity contribution in [2.75, 3.05) is 13.2 Å². The Kier molecular flexibility index (Phi) is 6.87. The van der Waals surface area contributed by atoms with Gasteiger partial charge in [0.05, 0.1) is 6.10 Å². The molecule has 0 aliphatic carbocycles. The van der Waals surface area contributed by atoms with Gasteiger partial charge in [-0.2, -0.15) is 0 Å². The lowest BCUT2D eigenvalue weighted by molar-refractivity contribution is 0.167. The van der Waals surface area contributed by atoms with E-state index in [0.29, 0.717) is 11.6 Å². The molecule has 0 saturated heterocycles. The van der Waals surface area contributed by atoms with Crippen LogP contribution in [-0.2, 0) is 0 Å². The van der Waals surface area contributed by atoms with Gasteiger partial charge in [-0.15, -0.1) is 0 Å². The van der Waals surface area contributed by atoms with Gasteiger partial charge in [0.15, 0.2) is 0 Å². The molecule has 4 heteroatoms. The van der Waals surface area contributed by atoms with Crippen LogP contribution >= 0.6 is 11.6 Å². The number of aliphatic hydroxyl groups is 2. The van der Waals surface area contributed by atoms with E-state index in [2.05, 4.69) is 17.4 Å². The molecule has 0 heterocycles. The molecule has 3 N–H and O–H groups in total. The van der Waals surface area contributed by atoms with Gasteiger partial charge in [-0.3, -0.25) is 0 Å². The Hall–Kier alpha value is -1.39. The largest absolute Gasteiger partial charge is 0.396 e. The zero-order valence-electron chi connectivity index (χ0n) is 12.5. The Bertz CT molecular complexity index is 562. The first kappa shape index (κ1) is 17.0. The minimum atomic E-state index is -0.612. The van der Waals surface area contributed by atoms with Crippen molar-refractivity contribution in [1.82, 2.24) is 5.32 Å². The van der Waals surface area contributed by atoms with Gasteiger partial charge in [0.2, 0.25) is 0 Å². The van der Waals surface area contributed by atoms with Crippen LogP contribution in [0, 0.1) is 0 Å². The fourth-order valence-corrected chi connectivity index (χ4v) is 2.65. The first-order valence-electron chi connectivity index (χ1n) is 7.53. The molecule has 0 saturated carbocycles. The lowest BCUT2D eigenvalue weighted by atomic mass is 10.0. The van der Waals surface area contributed by atoms with Crippen molar-refractivity contribution in [1.29, 1.82) is 0 Å². The van der Waals surface area contributed by atoms with Crippen LogP contribution in [0.4, 0.5) is 0 Å². The van der Waals surface area contributed by atoms with Crippen molar-refractivity contribution in [2.45, 2.75) is 25.0 Å². The molecular weight excluding hydrogens is 298 g/mol. The second kappa shape index (κ2) is 8.91. The molecule has 0 fully saturated rings. The van der Waals surface area contributed by atoms with Gasteiger partial charge in [0.1, 0.15) is 0 Å². The first-order valence-corrected chi connectivity index (χ1v) is 7.91. The number of hydrogen-bond acceptors (Lipinski definition) is 3. The van der Waals surface area contributed by atoms with Gasteiger partial charge in [-0.05, 0) is 36.1 Å². The quantitative estimate of drug-likeness (QED) is 0.698. The molecule has 0 bridgehead atoms. The molecule has 22 heavy (non-hydrogen) atoms. The highest BCUT2D eigenvalue weighted by molar-refractivity contribution is 6.30.